The largest absolute Gasteiger partial charge is 0.453 e. The van der Waals surface area contributed by atoms with Crippen molar-refractivity contribution in [3.63, 3.8) is 0 Å². The van der Waals surface area contributed by atoms with Crippen LogP contribution in [0.25, 0.3) is 11.0 Å². The van der Waals surface area contributed by atoms with Crippen molar-refractivity contribution < 1.29 is 13.9 Å². The van der Waals surface area contributed by atoms with Crippen molar-refractivity contribution in [2.24, 2.45) is 5.73 Å². The van der Waals surface area contributed by atoms with Gasteiger partial charge in [-0.1, -0.05) is 25.3 Å². The second kappa shape index (κ2) is 8.61. The van der Waals surface area contributed by atoms with Gasteiger partial charge in [-0.05, 0) is 49.1 Å². The van der Waals surface area contributed by atoms with Crippen LogP contribution in [0.3, 0.4) is 0 Å². The molecule has 4 N–H and O–H groups in total. The summed E-state index contributed by atoms with van der Waals surface area (Å²) in [5, 5.41) is 3.80. The molecule has 1 unspecified atom stereocenters. The summed E-state index contributed by atoms with van der Waals surface area (Å²) in [5.41, 5.74) is 7.38. The van der Waals surface area contributed by atoms with E-state index in [1.165, 1.54) is 12.5 Å². The van der Waals surface area contributed by atoms with E-state index in [1.807, 2.05) is 6.07 Å². The number of aromatic amines is 1. The van der Waals surface area contributed by atoms with Crippen LogP contribution < -0.4 is 15.8 Å². The monoisotopic (exact) mass is 396 g/mol. The summed E-state index contributed by atoms with van der Waals surface area (Å²) in [5.74, 6) is -0.0405. The number of carbonyl (C=O) groups excluding carboxylic acids is 1. The number of nitrogens with zero attached hydrogens (tertiary/aromatic N) is 1. The van der Waals surface area contributed by atoms with Gasteiger partial charge >= 0.3 is 0 Å². The number of hydrogen-bond donors (Lipinski definition) is 3. The average Bonchev–Trinajstić information content (AvgIpc) is 3.20. The molecule has 0 spiro atoms. The predicted octanol–water partition coefficient (Wildman–Crippen LogP) is 3.81. The number of fused-ring (bicyclic) bond motifs is 1. The van der Waals surface area contributed by atoms with E-state index >= 15 is 0 Å². The van der Waals surface area contributed by atoms with Crippen molar-refractivity contribution in [1.82, 2.24) is 15.3 Å². The van der Waals surface area contributed by atoms with Gasteiger partial charge in [0.2, 0.25) is 5.91 Å². The molecule has 0 radical (unpaired) electrons. The van der Waals surface area contributed by atoms with Gasteiger partial charge in [-0.15, -0.1) is 0 Å². The molecule has 0 aliphatic heterocycles. The zero-order valence-electron chi connectivity index (χ0n) is 16.2. The fourth-order valence-corrected chi connectivity index (χ4v) is 3.80. The van der Waals surface area contributed by atoms with Crippen LogP contribution in [0, 0.1) is 5.82 Å². The molecule has 29 heavy (non-hydrogen) atoms. The first kappa shape index (κ1) is 19.4. The minimum atomic E-state index is -0.706. The third-order valence-electron chi connectivity index (χ3n) is 5.38. The van der Waals surface area contributed by atoms with Gasteiger partial charge in [0.1, 0.15) is 11.4 Å². The minimum Gasteiger partial charge on any atom is -0.453 e. The summed E-state index contributed by atoms with van der Waals surface area (Å²) < 4.78 is 20.3. The maximum absolute atomic E-state index is 14.6. The Balaban J connectivity index is 1.40. The highest BCUT2D eigenvalue weighted by molar-refractivity contribution is 5.83. The van der Waals surface area contributed by atoms with E-state index in [2.05, 4.69) is 15.3 Å². The van der Waals surface area contributed by atoms with E-state index in [0.29, 0.717) is 17.0 Å². The summed E-state index contributed by atoms with van der Waals surface area (Å²) in [6.07, 6.45) is 9.13. The Hall–Kier alpha value is -2.93. The number of carbonyl (C=O) groups is 1. The number of aromatic nitrogens is 2. The fourth-order valence-electron chi connectivity index (χ4n) is 3.80. The number of nitrogens with one attached hydrogen (secondary N) is 2. The Kier molecular flexibility index (Phi) is 5.76. The Morgan fingerprint density at radius 2 is 2.07 bits per heavy atom. The molecule has 1 amide bonds. The van der Waals surface area contributed by atoms with Crippen molar-refractivity contribution in [1.29, 1.82) is 0 Å². The zero-order chi connectivity index (χ0) is 20.2. The van der Waals surface area contributed by atoms with Crippen LogP contribution in [-0.4, -0.2) is 28.0 Å². The second-order valence-corrected chi connectivity index (χ2v) is 7.57. The van der Waals surface area contributed by atoms with Crippen LogP contribution in [0.15, 0.2) is 42.7 Å². The second-order valence-electron chi connectivity index (χ2n) is 7.57. The van der Waals surface area contributed by atoms with Crippen LogP contribution >= 0.6 is 0 Å². The van der Waals surface area contributed by atoms with Crippen LogP contribution in [0.4, 0.5) is 4.39 Å². The highest BCUT2D eigenvalue weighted by Gasteiger charge is 2.20. The normalized spacial score (nSPS) is 15.9. The smallest absolute Gasteiger partial charge is 0.237 e. The van der Waals surface area contributed by atoms with E-state index in [9.17, 15) is 9.18 Å². The highest BCUT2D eigenvalue weighted by Crippen LogP contribution is 2.30. The topological polar surface area (TPSA) is 93.0 Å². The number of nitrogens with two attached hydrogens (primary N) is 1. The molecule has 0 saturated heterocycles. The first-order valence-corrected chi connectivity index (χ1v) is 10.0. The molecule has 6 nitrogen and oxygen atoms in total. The van der Waals surface area contributed by atoms with Crippen LogP contribution in [-0.2, 0) is 11.2 Å². The third kappa shape index (κ3) is 4.56. The van der Waals surface area contributed by atoms with E-state index in [4.69, 9.17) is 10.5 Å². The van der Waals surface area contributed by atoms with Crippen LogP contribution in [0.5, 0.6) is 11.5 Å². The molecule has 2 heterocycles. The summed E-state index contributed by atoms with van der Waals surface area (Å²) in [7, 11) is 0. The number of benzene rings is 1. The zero-order valence-corrected chi connectivity index (χ0v) is 16.2. The lowest BCUT2D eigenvalue weighted by Gasteiger charge is -2.24. The van der Waals surface area contributed by atoms with Crippen molar-refractivity contribution in [2.75, 3.05) is 0 Å². The SMILES string of the molecule is NC(Cc1ccc(Oc2ccnc3[nH]ccc23)c(F)c1)C(=O)NC1CCCCC1. The molecule has 3 aromatic rings. The van der Waals surface area contributed by atoms with E-state index < -0.39 is 11.9 Å². The first-order valence-electron chi connectivity index (χ1n) is 10.0. The lowest BCUT2D eigenvalue weighted by atomic mass is 9.95. The fraction of sp³-hybridized carbons (Fsp3) is 0.364. The lowest BCUT2D eigenvalue weighted by molar-refractivity contribution is -0.123. The van der Waals surface area contributed by atoms with E-state index in [0.717, 1.165) is 31.1 Å². The maximum Gasteiger partial charge on any atom is 0.237 e. The number of halogens is 1. The minimum absolute atomic E-state index is 0.114. The molecule has 7 heteroatoms. The maximum atomic E-state index is 14.6. The van der Waals surface area contributed by atoms with Gasteiger partial charge in [0.05, 0.1) is 11.4 Å². The van der Waals surface area contributed by atoms with Gasteiger partial charge < -0.3 is 20.8 Å². The van der Waals surface area contributed by atoms with Crippen molar-refractivity contribution in [2.45, 2.75) is 50.6 Å². The Morgan fingerprint density at radius 1 is 1.24 bits per heavy atom. The molecule has 1 aromatic carbocycles. The van der Waals surface area contributed by atoms with Gasteiger partial charge in [-0.25, -0.2) is 9.37 Å². The first-order chi connectivity index (χ1) is 14.1. The highest BCUT2D eigenvalue weighted by atomic mass is 19.1. The summed E-state index contributed by atoms with van der Waals surface area (Å²) in [4.78, 5) is 19.5. The molecule has 2 aromatic heterocycles. The number of rotatable bonds is 6. The number of pyridine rings is 1. The molecular weight excluding hydrogens is 371 g/mol. The molecule has 1 saturated carbocycles. The molecule has 1 atom stereocenters. The molecule has 152 valence electrons. The van der Waals surface area contributed by atoms with Crippen LogP contribution in [0.1, 0.15) is 37.7 Å². The number of hydrogen-bond acceptors (Lipinski definition) is 4. The quantitative estimate of drug-likeness (QED) is 0.591. The molecule has 1 aliphatic rings. The molecular formula is C22H25FN4O2. The van der Waals surface area contributed by atoms with Gasteiger partial charge in [-0.2, -0.15) is 0 Å². The van der Waals surface area contributed by atoms with E-state index in [1.54, 1.807) is 30.6 Å². The summed E-state index contributed by atoms with van der Waals surface area (Å²) in [6, 6.07) is 7.70. The number of ether oxygens (including phenoxy) is 1. The van der Waals surface area contributed by atoms with Crippen molar-refractivity contribution in [3.05, 3.63) is 54.1 Å². The lowest BCUT2D eigenvalue weighted by Crippen LogP contribution is -2.46. The Bertz CT molecular complexity index is 997. The number of amides is 1. The van der Waals surface area contributed by atoms with Crippen molar-refractivity contribution in [3.8, 4) is 11.5 Å². The molecule has 1 aliphatic carbocycles. The molecule has 4 rings (SSSR count). The standard InChI is InChI=1S/C22H25FN4O2/c23-17-12-14(13-18(24)22(28)27-15-4-2-1-3-5-15)6-7-20(17)29-19-9-11-26-21-16(19)8-10-25-21/h6-12,15,18H,1-5,13,24H2,(H,25,26)(H,27,28). The van der Waals surface area contributed by atoms with Gasteiger partial charge in [-0.3, -0.25) is 4.79 Å². The molecule has 0 bridgehead atoms. The van der Waals surface area contributed by atoms with E-state index in [-0.39, 0.29) is 24.1 Å². The Labute approximate surface area is 168 Å². The van der Waals surface area contributed by atoms with Crippen molar-refractivity contribution >= 4 is 16.9 Å². The van der Waals surface area contributed by atoms with Gasteiger partial charge in [0.15, 0.2) is 11.6 Å². The van der Waals surface area contributed by atoms with Crippen LogP contribution in [0.2, 0.25) is 0 Å². The molecule has 1 fully saturated rings. The number of H-pyrrole nitrogens is 1. The third-order valence-corrected chi connectivity index (χ3v) is 5.38. The Morgan fingerprint density at radius 3 is 2.86 bits per heavy atom. The summed E-state index contributed by atoms with van der Waals surface area (Å²) in [6.45, 7) is 0. The van der Waals surface area contributed by atoms with Gasteiger partial charge in [0, 0.05) is 18.4 Å². The predicted molar refractivity (Wildman–Crippen MR) is 109 cm³/mol. The summed E-state index contributed by atoms with van der Waals surface area (Å²) >= 11 is 0. The average molecular weight is 396 g/mol. The van der Waals surface area contributed by atoms with Gasteiger partial charge in [0.25, 0.3) is 0 Å².